The molecule has 1 heterocycles. The first-order valence-corrected chi connectivity index (χ1v) is 8.17. The average molecular weight is 288 g/mol. The highest BCUT2D eigenvalue weighted by atomic mass is 16.5. The van der Waals surface area contributed by atoms with Gasteiger partial charge in [-0.2, -0.15) is 0 Å². The molecule has 0 fully saturated rings. The number of nitrogens with zero attached hydrogens (tertiary/aromatic N) is 2. The van der Waals surface area contributed by atoms with E-state index in [4.69, 9.17) is 4.52 Å². The number of rotatable bonds is 8. The average Bonchev–Trinajstić information content (AvgIpc) is 2.81. The molecule has 0 saturated carbocycles. The summed E-state index contributed by atoms with van der Waals surface area (Å²) in [5.41, 5.74) is 3.28. The SMILES string of the molecule is CCCN(CCCc1noc2ccc(C)cc12)CC(C)C. The zero-order valence-corrected chi connectivity index (χ0v) is 13.9. The van der Waals surface area contributed by atoms with Gasteiger partial charge in [-0.1, -0.05) is 37.6 Å². The Bertz CT molecular complexity index is 559. The molecule has 0 spiro atoms. The second-order valence-corrected chi connectivity index (χ2v) is 6.43. The summed E-state index contributed by atoms with van der Waals surface area (Å²) in [6.07, 6.45) is 3.36. The van der Waals surface area contributed by atoms with Gasteiger partial charge in [0.25, 0.3) is 0 Å². The quantitative estimate of drug-likeness (QED) is 0.719. The van der Waals surface area contributed by atoms with E-state index < -0.39 is 0 Å². The lowest BCUT2D eigenvalue weighted by Gasteiger charge is -2.23. The number of fused-ring (bicyclic) bond motifs is 1. The van der Waals surface area contributed by atoms with Crippen molar-refractivity contribution in [1.82, 2.24) is 10.1 Å². The second kappa shape index (κ2) is 7.60. The summed E-state index contributed by atoms with van der Waals surface area (Å²) >= 11 is 0. The summed E-state index contributed by atoms with van der Waals surface area (Å²) < 4.78 is 5.41. The molecule has 0 aliphatic heterocycles. The Balaban J connectivity index is 1.93. The van der Waals surface area contributed by atoms with Crippen LogP contribution < -0.4 is 0 Å². The third-order valence-corrected chi connectivity index (χ3v) is 3.75. The molecule has 1 aromatic carbocycles. The maximum Gasteiger partial charge on any atom is 0.167 e. The van der Waals surface area contributed by atoms with Crippen LogP contribution in [0, 0.1) is 12.8 Å². The molecule has 0 radical (unpaired) electrons. The maximum atomic E-state index is 5.41. The lowest BCUT2D eigenvalue weighted by atomic mass is 10.1. The van der Waals surface area contributed by atoms with Gasteiger partial charge >= 0.3 is 0 Å². The number of hydrogen-bond donors (Lipinski definition) is 0. The first kappa shape index (κ1) is 16.0. The summed E-state index contributed by atoms with van der Waals surface area (Å²) in [5.74, 6) is 0.729. The highest BCUT2D eigenvalue weighted by Crippen LogP contribution is 2.21. The van der Waals surface area contributed by atoms with Gasteiger partial charge < -0.3 is 9.42 Å². The Hall–Kier alpha value is -1.35. The molecule has 0 amide bonds. The molecule has 21 heavy (non-hydrogen) atoms. The van der Waals surface area contributed by atoms with Crippen LogP contribution in [0.5, 0.6) is 0 Å². The Kier molecular flexibility index (Phi) is 5.80. The van der Waals surface area contributed by atoms with E-state index in [1.54, 1.807) is 0 Å². The normalized spacial score (nSPS) is 11.9. The fourth-order valence-electron chi connectivity index (χ4n) is 2.88. The van der Waals surface area contributed by atoms with Crippen molar-refractivity contribution in [3.8, 4) is 0 Å². The van der Waals surface area contributed by atoms with Crippen molar-refractivity contribution in [2.45, 2.75) is 47.0 Å². The highest BCUT2D eigenvalue weighted by Gasteiger charge is 2.10. The van der Waals surface area contributed by atoms with Gasteiger partial charge in [-0.25, -0.2) is 0 Å². The van der Waals surface area contributed by atoms with Crippen molar-refractivity contribution >= 4 is 11.0 Å². The summed E-state index contributed by atoms with van der Waals surface area (Å²) in [7, 11) is 0. The third-order valence-electron chi connectivity index (χ3n) is 3.75. The predicted molar refractivity (Wildman–Crippen MR) is 88.6 cm³/mol. The summed E-state index contributed by atoms with van der Waals surface area (Å²) in [5, 5.41) is 5.43. The number of hydrogen-bond acceptors (Lipinski definition) is 3. The molecule has 2 aromatic rings. The van der Waals surface area contributed by atoms with Crippen molar-refractivity contribution < 1.29 is 4.52 Å². The molecule has 1 aromatic heterocycles. The molecule has 116 valence electrons. The largest absolute Gasteiger partial charge is 0.356 e. The van der Waals surface area contributed by atoms with E-state index in [2.05, 4.69) is 49.9 Å². The number of benzene rings is 1. The molecular weight excluding hydrogens is 260 g/mol. The van der Waals surface area contributed by atoms with Crippen molar-refractivity contribution in [3.05, 3.63) is 29.5 Å². The standard InChI is InChI=1S/C18H28N2O/c1-5-10-20(13-14(2)3)11-6-7-17-16-12-15(4)8-9-18(16)21-19-17/h8-9,12,14H,5-7,10-11,13H2,1-4H3. The molecule has 0 aliphatic carbocycles. The smallest absolute Gasteiger partial charge is 0.167 e. The van der Waals surface area contributed by atoms with Crippen LogP contribution in [0.2, 0.25) is 0 Å². The van der Waals surface area contributed by atoms with Crippen LogP contribution in [0.25, 0.3) is 11.0 Å². The van der Waals surface area contributed by atoms with Gasteiger partial charge in [-0.15, -0.1) is 0 Å². The highest BCUT2D eigenvalue weighted by molar-refractivity contribution is 5.80. The van der Waals surface area contributed by atoms with Gasteiger partial charge in [-0.05, 0) is 57.3 Å². The number of aryl methyl sites for hydroxylation is 2. The van der Waals surface area contributed by atoms with Crippen LogP contribution >= 0.6 is 0 Å². The van der Waals surface area contributed by atoms with Crippen molar-refractivity contribution in [2.24, 2.45) is 5.92 Å². The van der Waals surface area contributed by atoms with Crippen LogP contribution in [0.15, 0.2) is 22.7 Å². The molecule has 0 saturated heterocycles. The predicted octanol–water partition coefficient (Wildman–Crippen LogP) is 4.44. The first-order valence-electron chi connectivity index (χ1n) is 8.17. The molecule has 0 aliphatic rings. The third kappa shape index (κ3) is 4.57. The molecule has 0 N–H and O–H groups in total. The molecule has 3 heteroatoms. The van der Waals surface area contributed by atoms with Gasteiger partial charge in [0.2, 0.25) is 0 Å². The minimum Gasteiger partial charge on any atom is -0.356 e. The van der Waals surface area contributed by atoms with Crippen LogP contribution in [-0.4, -0.2) is 29.7 Å². The lowest BCUT2D eigenvalue weighted by Crippen LogP contribution is -2.29. The molecular formula is C18H28N2O. The Morgan fingerprint density at radius 1 is 1.24 bits per heavy atom. The van der Waals surface area contributed by atoms with Crippen molar-refractivity contribution in [1.29, 1.82) is 0 Å². The van der Waals surface area contributed by atoms with E-state index in [1.807, 2.05) is 6.07 Å². The van der Waals surface area contributed by atoms with Crippen molar-refractivity contribution in [3.63, 3.8) is 0 Å². The van der Waals surface area contributed by atoms with E-state index >= 15 is 0 Å². The topological polar surface area (TPSA) is 29.3 Å². The maximum absolute atomic E-state index is 5.41. The Morgan fingerprint density at radius 3 is 2.76 bits per heavy atom. The molecule has 3 nitrogen and oxygen atoms in total. The van der Waals surface area contributed by atoms with Gasteiger partial charge in [0.1, 0.15) is 0 Å². The lowest BCUT2D eigenvalue weighted by molar-refractivity contribution is 0.241. The first-order chi connectivity index (χ1) is 10.1. The van der Waals surface area contributed by atoms with Crippen LogP contribution in [0.3, 0.4) is 0 Å². The van der Waals surface area contributed by atoms with E-state index in [9.17, 15) is 0 Å². The Labute approximate surface area is 128 Å². The van der Waals surface area contributed by atoms with E-state index in [0.717, 1.165) is 36.6 Å². The zero-order valence-electron chi connectivity index (χ0n) is 13.9. The van der Waals surface area contributed by atoms with Gasteiger partial charge in [0.15, 0.2) is 5.58 Å². The second-order valence-electron chi connectivity index (χ2n) is 6.43. The fourth-order valence-corrected chi connectivity index (χ4v) is 2.88. The minimum atomic E-state index is 0.729. The molecule has 0 unspecified atom stereocenters. The number of aromatic nitrogens is 1. The van der Waals surface area contributed by atoms with E-state index in [0.29, 0.717) is 0 Å². The zero-order chi connectivity index (χ0) is 15.2. The van der Waals surface area contributed by atoms with E-state index in [-0.39, 0.29) is 0 Å². The van der Waals surface area contributed by atoms with E-state index in [1.165, 1.54) is 30.5 Å². The van der Waals surface area contributed by atoms with Crippen LogP contribution in [-0.2, 0) is 6.42 Å². The molecule has 0 bridgehead atoms. The van der Waals surface area contributed by atoms with Crippen LogP contribution in [0.1, 0.15) is 44.9 Å². The summed E-state index contributed by atoms with van der Waals surface area (Å²) in [6, 6.07) is 6.27. The van der Waals surface area contributed by atoms with Gasteiger partial charge in [0, 0.05) is 11.9 Å². The van der Waals surface area contributed by atoms with Crippen molar-refractivity contribution in [2.75, 3.05) is 19.6 Å². The van der Waals surface area contributed by atoms with Gasteiger partial charge in [-0.3, -0.25) is 0 Å². The van der Waals surface area contributed by atoms with Crippen LogP contribution in [0.4, 0.5) is 0 Å². The fraction of sp³-hybridized carbons (Fsp3) is 0.611. The summed E-state index contributed by atoms with van der Waals surface area (Å²) in [6.45, 7) is 12.5. The Morgan fingerprint density at radius 2 is 2.05 bits per heavy atom. The monoisotopic (exact) mass is 288 g/mol. The summed E-state index contributed by atoms with van der Waals surface area (Å²) in [4.78, 5) is 2.57. The molecule has 0 atom stereocenters. The minimum absolute atomic E-state index is 0.729. The van der Waals surface area contributed by atoms with Gasteiger partial charge in [0.05, 0.1) is 5.69 Å². The molecule has 2 rings (SSSR count).